The van der Waals surface area contributed by atoms with Gasteiger partial charge in [0.25, 0.3) is 0 Å². The summed E-state index contributed by atoms with van der Waals surface area (Å²) in [5.74, 6) is 0. The zero-order valence-electron chi connectivity index (χ0n) is 10.8. The molecule has 0 unspecified atom stereocenters. The van der Waals surface area contributed by atoms with Crippen LogP contribution in [0.25, 0.3) is 21.1 Å². The van der Waals surface area contributed by atoms with Gasteiger partial charge in [0.05, 0.1) is 21.4 Å². The lowest BCUT2D eigenvalue weighted by molar-refractivity contribution is 1.15. The monoisotopic (exact) mass is 276 g/mol. The molecule has 96 valence electrons. The van der Waals surface area contributed by atoms with Crippen LogP contribution in [0.2, 0.25) is 0 Å². The van der Waals surface area contributed by atoms with E-state index in [1.807, 2.05) is 24.4 Å². The zero-order chi connectivity index (χ0) is 13.4. The van der Waals surface area contributed by atoms with Crippen LogP contribution in [0.15, 0.2) is 60.8 Å². The van der Waals surface area contributed by atoms with Gasteiger partial charge < -0.3 is 0 Å². The van der Waals surface area contributed by atoms with Crippen molar-refractivity contribution in [2.75, 3.05) is 0 Å². The highest BCUT2D eigenvalue weighted by atomic mass is 32.1. The van der Waals surface area contributed by atoms with Gasteiger partial charge in [0.15, 0.2) is 0 Å². The average molecular weight is 276 g/mol. The smallest absolute Gasteiger partial charge is 0.100 e. The molecule has 0 amide bonds. The quantitative estimate of drug-likeness (QED) is 0.541. The van der Waals surface area contributed by atoms with Crippen LogP contribution in [-0.4, -0.2) is 9.97 Å². The molecule has 0 spiro atoms. The number of rotatable bonds is 2. The summed E-state index contributed by atoms with van der Waals surface area (Å²) in [7, 11) is 0. The van der Waals surface area contributed by atoms with E-state index in [9.17, 15) is 0 Å². The molecule has 0 fully saturated rings. The van der Waals surface area contributed by atoms with E-state index in [0.29, 0.717) is 0 Å². The van der Waals surface area contributed by atoms with Crippen LogP contribution in [0.1, 0.15) is 10.6 Å². The number of fused-ring (bicyclic) bond motifs is 3. The maximum atomic E-state index is 4.71. The Balaban J connectivity index is 1.84. The molecule has 0 aliphatic carbocycles. The maximum Gasteiger partial charge on any atom is 0.100 e. The molecule has 0 aliphatic rings. The molecule has 0 atom stereocenters. The first-order valence-electron chi connectivity index (χ1n) is 6.57. The Morgan fingerprint density at radius 2 is 1.65 bits per heavy atom. The number of nitrogens with zero attached hydrogens (tertiary/aromatic N) is 2. The van der Waals surface area contributed by atoms with Gasteiger partial charge >= 0.3 is 0 Å². The van der Waals surface area contributed by atoms with E-state index in [2.05, 4.69) is 41.4 Å². The number of hydrogen-bond acceptors (Lipinski definition) is 3. The lowest BCUT2D eigenvalue weighted by Gasteiger charge is -1.95. The van der Waals surface area contributed by atoms with Crippen LogP contribution in [-0.2, 0) is 6.42 Å². The highest BCUT2D eigenvalue weighted by molar-refractivity contribution is 7.19. The van der Waals surface area contributed by atoms with Crippen molar-refractivity contribution < 1.29 is 0 Å². The van der Waals surface area contributed by atoms with E-state index in [-0.39, 0.29) is 0 Å². The van der Waals surface area contributed by atoms with E-state index in [0.717, 1.165) is 22.5 Å². The van der Waals surface area contributed by atoms with Gasteiger partial charge in [0.1, 0.15) is 5.52 Å². The van der Waals surface area contributed by atoms with Crippen molar-refractivity contribution in [1.29, 1.82) is 0 Å². The minimum absolute atomic E-state index is 0.883. The van der Waals surface area contributed by atoms with E-state index >= 15 is 0 Å². The van der Waals surface area contributed by atoms with Crippen molar-refractivity contribution in [3.8, 4) is 0 Å². The number of benzene rings is 2. The molecule has 4 rings (SSSR count). The number of thiazole rings is 1. The summed E-state index contributed by atoms with van der Waals surface area (Å²) < 4.78 is 1.24. The average Bonchev–Trinajstić information content (AvgIpc) is 2.91. The van der Waals surface area contributed by atoms with Crippen molar-refractivity contribution >= 4 is 32.5 Å². The fraction of sp³-hybridized carbons (Fsp3) is 0.0588. The van der Waals surface area contributed by atoms with Crippen molar-refractivity contribution in [3.63, 3.8) is 0 Å². The Morgan fingerprint density at radius 3 is 2.55 bits per heavy atom. The molecule has 2 aromatic carbocycles. The molecule has 2 heterocycles. The predicted molar refractivity (Wildman–Crippen MR) is 84.2 cm³/mol. The minimum atomic E-state index is 0.883. The maximum absolute atomic E-state index is 4.71. The summed E-state index contributed by atoms with van der Waals surface area (Å²) in [6, 6.07) is 18.7. The highest BCUT2D eigenvalue weighted by Crippen LogP contribution is 2.29. The van der Waals surface area contributed by atoms with Gasteiger partial charge in [-0.15, -0.1) is 11.3 Å². The Labute approximate surface area is 120 Å². The first-order valence-corrected chi connectivity index (χ1v) is 7.39. The summed E-state index contributed by atoms with van der Waals surface area (Å²) in [5.41, 5.74) is 3.33. The first kappa shape index (κ1) is 11.6. The lowest BCUT2D eigenvalue weighted by atomic mass is 10.2. The molecule has 20 heavy (non-hydrogen) atoms. The molecular weight excluding hydrogens is 264 g/mol. The second-order valence-electron chi connectivity index (χ2n) is 4.76. The fourth-order valence-corrected chi connectivity index (χ4v) is 3.52. The van der Waals surface area contributed by atoms with Gasteiger partial charge in [-0.3, -0.25) is 4.98 Å². The van der Waals surface area contributed by atoms with Gasteiger partial charge in [0, 0.05) is 11.8 Å². The Kier molecular flexibility index (Phi) is 2.71. The van der Waals surface area contributed by atoms with Crippen molar-refractivity contribution in [2.45, 2.75) is 6.42 Å². The minimum Gasteiger partial charge on any atom is -0.254 e. The summed E-state index contributed by atoms with van der Waals surface area (Å²) >= 11 is 1.77. The van der Waals surface area contributed by atoms with Gasteiger partial charge in [-0.2, -0.15) is 0 Å². The van der Waals surface area contributed by atoms with Crippen molar-refractivity contribution in [1.82, 2.24) is 9.97 Å². The summed E-state index contributed by atoms with van der Waals surface area (Å²) in [5, 5.41) is 2.34. The van der Waals surface area contributed by atoms with Gasteiger partial charge in [0.2, 0.25) is 0 Å². The molecule has 0 radical (unpaired) electrons. The van der Waals surface area contributed by atoms with Crippen LogP contribution in [0.4, 0.5) is 0 Å². The molecule has 2 nitrogen and oxygen atoms in total. The SMILES string of the molecule is c1ccc(Cc2nc3cnc4ccccc4c3s2)cc1. The second-order valence-corrected chi connectivity index (χ2v) is 5.84. The fourth-order valence-electron chi connectivity index (χ4n) is 2.41. The molecule has 2 aromatic heterocycles. The van der Waals surface area contributed by atoms with Crippen LogP contribution in [0, 0.1) is 0 Å². The molecule has 0 bridgehead atoms. The van der Waals surface area contributed by atoms with E-state index in [4.69, 9.17) is 4.98 Å². The Morgan fingerprint density at radius 1 is 0.850 bits per heavy atom. The summed E-state index contributed by atoms with van der Waals surface area (Å²) in [6.45, 7) is 0. The van der Waals surface area contributed by atoms with Crippen LogP contribution in [0.5, 0.6) is 0 Å². The Bertz CT molecular complexity index is 881. The predicted octanol–water partition coefficient (Wildman–Crippen LogP) is 4.44. The molecular formula is C17H12N2S. The van der Waals surface area contributed by atoms with E-state index in [1.54, 1.807) is 11.3 Å². The van der Waals surface area contributed by atoms with Crippen LogP contribution in [0.3, 0.4) is 0 Å². The number of para-hydroxylation sites is 1. The standard InChI is InChI=1S/C17H12N2S/c1-2-6-12(7-3-1)10-16-19-15-11-18-14-9-5-4-8-13(14)17(15)20-16/h1-9,11H,10H2. The highest BCUT2D eigenvalue weighted by Gasteiger charge is 2.08. The molecule has 0 saturated carbocycles. The largest absolute Gasteiger partial charge is 0.254 e. The molecule has 0 aliphatic heterocycles. The van der Waals surface area contributed by atoms with Crippen LogP contribution < -0.4 is 0 Å². The molecule has 0 N–H and O–H groups in total. The van der Waals surface area contributed by atoms with Crippen molar-refractivity contribution in [2.24, 2.45) is 0 Å². The zero-order valence-corrected chi connectivity index (χ0v) is 11.6. The molecule has 3 heteroatoms. The normalized spacial score (nSPS) is 11.2. The summed E-state index contributed by atoms with van der Waals surface area (Å²) in [6.07, 6.45) is 2.76. The van der Waals surface area contributed by atoms with Crippen molar-refractivity contribution in [3.05, 3.63) is 71.4 Å². The summed E-state index contributed by atoms with van der Waals surface area (Å²) in [4.78, 5) is 9.19. The number of hydrogen-bond donors (Lipinski definition) is 0. The first-order chi connectivity index (χ1) is 9.90. The third kappa shape index (κ3) is 1.96. The topological polar surface area (TPSA) is 25.8 Å². The lowest BCUT2D eigenvalue weighted by Crippen LogP contribution is -1.85. The van der Waals surface area contributed by atoms with Gasteiger partial charge in [-0.25, -0.2) is 4.98 Å². The van der Waals surface area contributed by atoms with E-state index in [1.165, 1.54) is 15.6 Å². The number of pyridine rings is 1. The van der Waals surface area contributed by atoms with Gasteiger partial charge in [-0.1, -0.05) is 48.5 Å². The Hall–Kier alpha value is -2.26. The molecule has 4 aromatic rings. The van der Waals surface area contributed by atoms with Crippen LogP contribution >= 0.6 is 11.3 Å². The third-order valence-corrected chi connectivity index (χ3v) is 4.47. The third-order valence-electron chi connectivity index (χ3n) is 3.37. The van der Waals surface area contributed by atoms with E-state index < -0.39 is 0 Å². The number of aromatic nitrogens is 2. The second kappa shape index (κ2) is 4.69. The molecule has 0 saturated heterocycles. The van der Waals surface area contributed by atoms with Gasteiger partial charge in [-0.05, 0) is 11.6 Å².